The summed E-state index contributed by atoms with van der Waals surface area (Å²) in [5.74, 6) is 0. The van der Waals surface area contributed by atoms with Crippen molar-refractivity contribution in [3.05, 3.63) is 29.8 Å². The standard InChI is InChI=1S/C14H21N/c1-4-8-13-14(3,5-2)11-9-6-7-10-12(11)15-13/h6-7,9-10,13,15H,4-5,8H2,1-3H3. The quantitative estimate of drug-likeness (QED) is 0.784. The molecule has 0 spiro atoms. The summed E-state index contributed by atoms with van der Waals surface area (Å²) in [5, 5.41) is 3.68. The van der Waals surface area contributed by atoms with Crippen LogP contribution in [0.15, 0.2) is 24.3 Å². The molecule has 1 N–H and O–H groups in total. The normalized spacial score (nSPS) is 28.6. The Morgan fingerprint density at radius 2 is 2.00 bits per heavy atom. The van der Waals surface area contributed by atoms with Crippen LogP contribution in [0.25, 0.3) is 0 Å². The number of rotatable bonds is 3. The molecular formula is C14H21N. The van der Waals surface area contributed by atoms with Crippen molar-refractivity contribution in [1.29, 1.82) is 0 Å². The van der Waals surface area contributed by atoms with Crippen LogP contribution < -0.4 is 5.32 Å². The molecule has 0 bridgehead atoms. The van der Waals surface area contributed by atoms with E-state index in [0.717, 1.165) is 0 Å². The molecule has 2 atom stereocenters. The summed E-state index contributed by atoms with van der Waals surface area (Å²) in [4.78, 5) is 0. The number of hydrogen-bond donors (Lipinski definition) is 1. The van der Waals surface area contributed by atoms with Gasteiger partial charge in [0.15, 0.2) is 0 Å². The lowest BCUT2D eigenvalue weighted by Crippen LogP contribution is -2.35. The van der Waals surface area contributed by atoms with Gasteiger partial charge in [-0.2, -0.15) is 0 Å². The van der Waals surface area contributed by atoms with Crippen molar-refractivity contribution in [3.8, 4) is 0 Å². The van der Waals surface area contributed by atoms with Gasteiger partial charge in [-0.1, -0.05) is 45.4 Å². The lowest BCUT2D eigenvalue weighted by atomic mass is 9.75. The van der Waals surface area contributed by atoms with Crippen LogP contribution in [0.5, 0.6) is 0 Å². The van der Waals surface area contributed by atoms with Crippen LogP contribution in [0.2, 0.25) is 0 Å². The van der Waals surface area contributed by atoms with Gasteiger partial charge in [0.25, 0.3) is 0 Å². The summed E-state index contributed by atoms with van der Waals surface area (Å²) in [6, 6.07) is 9.38. The predicted octanol–water partition coefficient (Wildman–Crippen LogP) is 3.95. The summed E-state index contributed by atoms with van der Waals surface area (Å²) in [6.45, 7) is 6.96. The zero-order chi connectivity index (χ0) is 10.9. The fourth-order valence-corrected chi connectivity index (χ4v) is 2.76. The summed E-state index contributed by atoms with van der Waals surface area (Å²) >= 11 is 0. The van der Waals surface area contributed by atoms with Crippen LogP contribution in [0.1, 0.15) is 45.6 Å². The Labute approximate surface area is 92.9 Å². The third-order valence-electron chi connectivity index (χ3n) is 3.95. The van der Waals surface area contributed by atoms with Crippen molar-refractivity contribution in [1.82, 2.24) is 0 Å². The Bertz CT molecular complexity index is 345. The lowest BCUT2D eigenvalue weighted by Gasteiger charge is -2.30. The first-order valence-electron chi connectivity index (χ1n) is 6.08. The monoisotopic (exact) mass is 203 g/mol. The van der Waals surface area contributed by atoms with E-state index in [2.05, 4.69) is 50.4 Å². The maximum Gasteiger partial charge on any atom is 0.0381 e. The molecule has 0 aliphatic carbocycles. The molecule has 2 rings (SSSR count). The Hall–Kier alpha value is -0.980. The van der Waals surface area contributed by atoms with Gasteiger partial charge in [0.2, 0.25) is 0 Å². The van der Waals surface area contributed by atoms with Crippen molar-refractivity contribution in [2.45, 2.75) is 51.5 Å². The average molecular weight is 203 g/mol. The molecule has 2 unspecified atom stereocenters. The van der Waals surface area contributed by atoms with E-state index in [-0.39, 0.29) is 0 Å². The van der Waals surface area contributed by atoms with Gasteiger partial charge < -0.3 is 5.32 Å². The highest BCUT2D eigenvalue weighted by molar-refractivity contribution is 5.61. The van der Waals surface area contributed by atoms with Gasteiger partial charge in [0.05, 0.1) is 0 Å². The predicted molar refractivity (Wildman–Crippen MR) is 66.4 cm³/mol. The zero-order valence-corrected chi connectivity index (χ0v) is 10.0. The highest BCUT2D eigenvalue weighted by Crippen LogP contribution is 2.44. The molecule has 0 radical (unpaired) electrons. The molecule has 1 aliphatic rings. The zero-order valence-electron chi connectivity index (χ0n) is 10.0. The molecule has 82 valence electrons. The molecule has 1 heterocycles. The van der Waals surface area contributed by atoms with Crippen molar-refractivity contribution in [2.24, 2.45) is 0 Å². The number of benzene rings is 1. The second-order valence-corrected chi connectivity index (χ2v) is 4.80. The van der Waals surface area contributed by atoms with Gasteiger partial charge >= 0.3 is 0 Å². The fourth-order valence-electron chi connectivity index (χ4n) is 2.76. The van der Waals surface area contributed by atoms with Gasteiger partial charge in [-0.15, -0.1) is 0 Å². The maximum absolute atomic E-state index is 3.68. The molecule has 0 amide bonds. The van der Waals surface area contributed by atoms with E-state index in [0.29, 0.717) is 11.5 Å². The Morgan fingerprint density at radius 3 is 2.67 bits per heavy atom. The molecule has 0 fully saturated rings. The number of anilines is 1. The van der Waals surface area contributed by atoms with Gasteiger partial charge in [-0.05, 0) is 24.5 Å². The Kier molecular flexibility index (Phi) is 2.72. The van der Waals surface area contributed by atoms with Crippen LogP contribution in [0, 0.1) is 0 Å². The first kappa shape index (κ1) is 10.5. The third kappa shape index (κ3) is 1.54. The third-order valence-corrected chi connectivity index (χ3v) is 3.95. The van der Waals surface area contributed by atoms with Gasteiger partial charge in [0.1, 0.15) is 0 Å². The van der Waals surface area contributed by atoms with Crippen LogP contribution in [-0.4, -0.2) is 6.04 Å². The smallest absolute Gasteiger partial charge is 0.0381 e. The topological polar surface area (TPSA) is 12.0 Å². The average Bonchev–Trinajstić information content (AvgIpc) is 2.55. The summed E-state index contributed by atoms with van der Waals surface area (Å²) < 4.78 is 0. The molecule has 1 aromatic rings. The van der Waals surface area contributed by atoms with Crippen LogP contribution >= 0.6 is 0 Å². The fraction of sp³-hybridized carbons (Fsp3) is 0.571. The molecule has 0 saturated carbocycles. The van der Waals surface area contributed by atoms with Crippen molar-refractivity contribution < 1.29 is 0 Å². The largest absolute Gasteiger partial charge is 0.381 e. The first-order valence-corrected chi connectivity index (χ1v) is 6.08. The maximum atomic E-state index is 3.68. The van der Waals surface area contributed by atoms with Crippen LogP contribution in [0.4, 0.5) is 5.69 Å². The SMILES string of the molecule is CCCC1Nc2ccccc2C1(C)CC. The highest BCUT2D eigenvalue weighted by atomic mass is 15.0. The number of fused-ring (bicyclic) bond motifs is 1. The summed E-state index contributed by atoms with van der Waals surface area (Å²) in [7, 11) is 0. The van der Waals surface area contributed by atoms with E-state index in [1.54, 1.807) is 0 Å². The van der Waals surface area contributed by atoms with E-state index in [9.17, 15) is 0 Å². The molecule has 1 aliphatic heterocycles. The Balaban J connectivity index is 2.38. The minimum Gasteiger partial charge on any atom is -0.381 e. The number of hydrogen-bond acceptors (Lipinski definition) is 1. The minimum atomic E-state index is 0.326. The minimum absolute atomic E-state index is 0.326. The van der Waals surface area contributed by atoms with Gasteiger partial charge in [0, 0.05) is 17.1 Å². The molecule has 0 saturated heterocycles. The molecule has 1 heteroatoms. The van der Waals surface area contributed by atoms with Gasteiger partial charge in [-0.3, -0.25) is 0 Å². The Morgan fingerprint density at radius 1 is 1.27 bits per heavy atom. The van der Waals surface area contributed by atoms with Crippen molar-refractivity contribution >= 4 is 5.69 Å². The lowest BCUT2D eigenvalue weighted by molar-refractivity contribution is 0.385. The molecule has 1 aromatic carbocycles. The molecule has 1 nitrogen and oxygen atoms in total. The molecule has 15 heavy (non-hydrogen) atoms. The number of nitrogens with one attached hydrogen (secondary N) is 1. The summed E-state index contributed by atoms with van der Waals surface area (Å²) in [5.41, 5.74) is 3.18. The van der Waals surface area contributed by atoms with Gasteiger partial charge in [-0.25, -0.2) is 0 Å². The van der Waals surface area contributed by atoms with E-state index < -0.39 is 0 Å². The van der Waals surface area contributed by atoms with Crippen LogP contribution in [0.3, 0.4) is 0 Å². The number of para-hydroxylation sites is 1. The first-order chi connectivity index (χ1) is 7.22. The van der Waals surface area contributed by atoms with Crippen molar-refractivity contribution in [3.63, 3.8) is 0 Å². The van der Waals surface area contributed by atoms with E-state index in [1.807, 2.05) is 0 Å². The van der Waals surface area contributed by atoms with Crippen molar-refractivity contribution in [2.75, 3.05) is 5.32 Å². The summed E-state index contributed by atoms with van der Waals surface area (Å²) in [6.07, 6.45) is 3.72. The van der Waals surface area contributed by atoms with E-state index in [4.69, 9.17) is 0 Å². The highest BCUT2D eigenvalue weighted by Gasteiger charge is 2.40. The van der Waals surface area contributed by atoms with E-state index >= 15 is 0 Å². The molecule has 0 aromatic heterocycles. The van der Waals surface area contributed by atoms with E-state index in [1.165, 1.54) is 30.5 Å². The van der Waals surface area contributed by atoms with Crippen LogP contribution in [-0.2, 0) is 5.41 Å². The second-order valence-electron chi connectivity index (χ2n) is 4.80. The second kappa shape index (κ2) is 3.88. The molecular weight excluding hydrogens is 182 g/mol.